The summed E-state index contributed by atoms with van der Waals surface area (Å²) < 4.78 is 36.3. The lowest BCUT2D eigenvalue weighted by molar-refractivity contribution is -0.137. The number of carboxylic acid groups (broad SMARTS) is 1. The van der Waals surface area contributed by atoms with Crippen LogP contribution in [0.1, 0.15) is 44.1 Å². The van der Waals surface area contributed by atoms with E-state index in [-0.39, 0.29) is 42.0 Å². The highest BCUT2D eigenvalue weighted by molar-refractivity contribution is 7.86. The second kappa shape index (κ2) is 9.08. The normalized spacial score (nSPS) is 26.0. The van der Waals surface area contributed by atoms with E-state index in [9.17, 15) is 13.2 Å². The van der Waals surface area contributed by atoms with Crippen molar-refractivity contribution in [2.45, 2.75) is 62.6 Å². The van der Waals surface area contributed by atoms with E-state index in [1.165, 1.54) is 0 Å². The molecule has 3 rings (SSSR count). The van der Waals surface area contributed by atoms with Gasteiger partial charge in [0.05, 0.1) is 23.7 Å². The SMILES string of the molecule is Cc1ccc(S(=O)(=O)OC[C@@H]2[C@H](CC#CCCCC(=O)O)[C@@H]3CC[C@H]2O3)cc1. The van der Waals surface area contributed by atoms with Gasteiger partial charge in [0.1, 0.15) is 0 Å². The zero-order valence-corrected chi connectivity index (χ0v) is 16.8. The minimum absolute atomic E-state index is 0.00675. The predicted octanol–water partition coefficient (Wildman–Crippen LogP) is 3.14. The summed E-state index contributed by atoms with van der Waals surface area (Å²) in [5.41, 5.74) is 0.988. The van der Waals surface area contributed by atoms with Crippen LogP contribution in [0.2, 0.25) is 0 Å². The quantitative estimate of drug-likeness (QED) is 0.405. The fourth-order valence-corrected chi connectivity index (χ4v) is 4.87. The summed E-state index contributed by atoms with van der Waals surface area (Å²) in [6.45, 7) is 2.00. The third-order valence-electron chi connectivity index (χ3n) is 5.47. The first-order valence-corrected chi connectivity index (χ1v) is 11.1. The summed E-state index contributed by atoms with van der Waals surface area (Å²) in [7, 11) is -3.79. The molecule has 0 aromatic heterocycles. The van der Waals surface area contributed by atoms with Gasteiger partial charge in [-0.2, -0.15) is 8.42 Å². The van der Waals surface area contributed by atoms with Crippen molar-refractivity contribution < 1.29 is 27.2 Å². The van der Waals surface area contributed by atoms with Gasteiger partial charge in [-0.3, -0.25) is 8.98 Å². The van der Waals surface area contributed by atoms with Crippen molar-refractivity contribution in [1.29, 1.82) is 0 Å². The van der Waals surface area contributed by atoms with E-state index in [1.54, 1.807) is 24.3 Å². The second-order valence-corrected chi connectivity index (χ2v) is 9.09. The van der Waals surface area contributed by atoms with E-state index >= 15 is 0 Å². The molecule has 2 saturated heterocycles. The van der Waals surface area contributed by atoms with Crippen LogP contribution in [0.4, 0.5) is 0 Å². The van der Waals surface area contributed by atoms with Gasteiger partial charge in [0.15, 0.2) is 0 Å². The molecule has 2 heterocycles. The molecular weight excluding hydrogens is 380 g/mol. The number of carbonyl (C=O) groups is 1. The largest absolute Gasteiger partial charge is 0.481 e. The van der Waals surface area contributed by atoms with Crippen molar-refractivity contribution in [3.05, 3.63) is 29.8 Å². The molecule has 0 radical (unpaired) electrons. The maximum atomic E-state index is 12.5. The Hall–Kier alpha value is -1.88. The number of fused-ring (bicyclic) bond motifs is 2. The maximum absolute atomic E-state index is 12.5. The van der Waals surface area contributed by atoms with E-state index in [2.05, 4.69) is 11.8 Å². The van der Waals surface area contributed by atoms with Gasteiger partial charge in [-0.1, -0.05) is 17.7 Å². The molecular formula is C21H26O6S. The molecule has 2 aliphatic heterocycles. The Morgan fingerprint density at radius 3 is 2.54 bits per heavy atom. The number of aliphatic carboxylic acids is 1. The summed E-state index contributed by atoms with van der Waals surface area (Å²) in [5, 5.41) is 8.64. The van der Waals surface area contributed by atoms with E-state index in [4.69, 9.17) is 14.0 Å². The Morgan fingerprint density at radius 2 is 1.86 bits per heavy atom. The summed E-state index contributed by atoms with van der Waals surface area (Å²) in [5.74, 6) is 5.49. The Morgan fingerprint density at radius 1 is 1.18 bits per heavy atom. The average Bonchev–Trinajstić information content (AvgIpc) is 3.24. The number of benzene rings is 1. The average molecular weight is 407 g/mol. The van der Waals surface area contributed by atoms with Crippen LogP contribution in [0.5, 0.6) is 0 Å². The molecule has 7 heteroatoms. The molecule has 0 saturated carbocycles. The molecule has 28 heavy (non-hydrogen) atoms. The van der Waals surface area contributed by atoms with Crippen molar-refractivity contribution in [2.24, 2.45) is 11.8 Å². The lowest BCUT2D eigenvalue weighted by atomic mass is 9.78. The lowest BCUT2D eigenvalue weighted by Crippen LogP contribution is -2.31. The first-order chi connectivity index (χ1) is 13.4. The van der Waals surface area contributed by atoms with Crippen LogP contribution in [0.25, 0.3) is 0 Å². The predicted molar refractivity (Wildman–Crippen MR) is 103 cm³/mol. The number of carboxylic acids is 1. The van der Waals surface area contributed by atoms with E-state index < -0.39 is 16.1 Å². The van der Waals surface area contributed by atoms with Gasteiger partial charge >= 0.3 is 5.97 Å². The highest BCUT2D eigenvalue weighted by atomic mass is 32.2. The molecule has 0 aliphatic carbocycles. The fourth-order valence-electron chi connectivity index (χ4n) is 3.93. The minimum Gasteiger partial charge on any atom is -0.481 e. The van der Waals surface area contributed by atoms with Gasteiger partial charge in [0.2, 0.25) is 0 Å². The van der Waals surface area contributed by atoms with Crippen LogP contribution in [-0.2, 0) is 23.8 Å². The molecule has 0 unspecified atom stereocenters. The fraction of sp³-hybridized carbons (Fsp3) is 0.571. The number of aryl methyl sites for hydroxylation is 1. The molecule has 6 nitrogen and oxygen atoms in total. The summed E-state index contributed by atoms with van der Waals surface area (Å²) in [6, 6.07) is 6.61. The molecule has 2 aliphatic rings. The molecule has 2 fully saturated rings. The summed E-state index contributed by atoms with van der Waals surface area (Å²) in [6.07, 6.45) is 3.86. The zero-order valence-electron chi connectivity index (χ0n) is 16.0. The van der Waals surface area contributed by atoms with Gasteiger partial charge in [0, 0.05) is 31.1 Å². The first kappa shape index (κ1) is 20.8. The molecule has 152 valence electrons. The zero-order chi connectivity index (χ0) is 20.1. The van der Waals surface area contributed by atoms with Crippen LogP contribution in [0.3, 0.4) is 0 Å². The third kappa shape index (κ3) is 5.13. The molecule has 1 aromatic rings. The van der Waals surface area contributed by atoms with Gasteiger partial charge in [-0.15, -0.1) is 11.8 Å². The van der Waals surface area contributed by atoms with Crippen LogP contribution in [0.15, 0.2) is 29.2 Å². The maximum Gasteiger partial charge on any atom is 0.303 e. The smallest absolute Gasteiger partial charge is 0.303 e. The minimum atomic E-state index is -3.79. The molecule has 0 amide bonds. The number of ether oxygens (including phenoxy) is 1. The monoisotopic (exact) mass is 406 g/mol. The van der Waals surface area contributed by atoms with Crippen LogP contribution in [-0.4, -0.2) is 38.3 Å². The van der Waals surface area contributed by atoms with Crippen LogP contribution >= 0.6 is 0 Å². The standard InChI is InChI=1S/C21H26O6S/c1-15-8-10-16(11-9-15)28(24,25)26-14-18-17(19-12-13-20(18)27-19)6-4-2-3-5-7-21(22)23/h8-11,17-20H,3,5-7,12-14H2,1H3,(H,22,23)/t17-,18+,19-,20+/m0/s1. The molecule has 1 aromatic carbocycles. The Labute approximate surface area is 166 Å². The van der Waals surface area contributed by atoms with Crippen molar-refractivity contribution in [3.8, 4) is 11.8 Å². The van der Waals surface area contributed by atoms with Crippen molar-refractivity contribution in [1.82, 2.24) is 0 Å². The summed E-state index contributed by atoms with van der Waals surface area (Å²) in [4.78, 5) is 10.7. The molecule has 0 spiro atoms. The highest BCUT2D eigenvalue weighted by Gasteiger charge is 2.48. The molecule has 2 bridgehead atoms. The Balaban J connectivity index is 1.56. The second-order valence-electron chi connectivity index (χ2n) is 7.47. The molecule has 4 atom stereocenters. The van der Waals surface area contributed by atoms with Gasteiger partial charge in [-0.05, 0) is 38.3 Å². The van der Waals surface area contributed by atoms with Gasteiger partial charge < -0.3 is 9.84 Å². The van der Waals surface area contributed by atoms with E-state index in [1.807, 2.05) is 6.92 Å². The number of hydrogen-bond acceptors (Lipinski definition) is 5. The number of unbranched alkanes of at least 4 members (excludes halogenated alkanes) is 1. The number of rotatable bonds is 8. The van der Waals surface area contributed by atoms with Crippen molar-refractivity contribution in [3.63, 3.8) is 0 Å². The Kier molecular flexibility index (Phi) is 6.76. The van der Waals surface area contributed by atoms with E-state index in [0.717, 1.165) is 18.4 Å². The van der Waals surface area contributed by atoms with E-state index in [0.29, 0.717) is 19.3 Å². The topological polar surface area (TPSA) is 89.9 Å². The lowest BCUT2D eigenvalue weighted by Gasteiger charge is -2.26. The van der Waals surface area contributed by atoms with Gasteiger partial charge in [-0.25, -0.2) is 0 Å². The number of hydrogen-bond donors (Lipinski definition) is 1. The molecule has 1 N–H and O–H groups in total. The first-order valence-electron chi connectivity index (χ1n) is 9.66. The summed E-state index contributed by atoms with van der Waals surface area (Å²) >= 11 is 0. The highest BCUT2D eigenvalue weighted by Crippen LogP contribution is 2.45. The third-order valence-corrected chi connectivity index (χ3v) is 6.77. The van der Waals surface area contributed by atoms with Crippen LogP contribution in [0, 0.1) is 30.6 Å². The van der Waals surface area contributed by atoms with Crippen molar-refractivity contribution in [2.75, 3.05) is 6.61 Å². The van der Waals surface area contributed by atoms with Crippen LogP contribution < -0.4 is 0 Å². The van der Waals surface area contributed by atoms with Gasteiger partial charge in [0.25, 0.3) is 10.1 Å². The van der Waals surface area contributed by atoms with Crippen molar-refractivity contribution >= 4 is 16.1 Å². The Bertz CT molecular complexity index is 849.